The van der Waals surface area contributed by atoms with Crippen molar-refractivity contribution in [2.75, 3.05) is 6.61 Å². The molecule has 0 aromatic heterocycles. The van der Waals surface area contributed by atoms with Crippen molar-refractivity contribution in [1.82, 2.24) is 0 Å². The van der Waals surface area contributed by atoms with E-state index in [0.29, 0.717) is 6.61 Å². The summed E-state index contributed by atoms with van der Waals surface area (Å²) in [7, 11) is 0. The van der Waals surface area contributed by atoms with Gasteiger partial charge in [0.1, 0.15) is 0 Å². The first-order valence-electron chi connectivity index (χ1n) is 9.47. The molecule has 0 fully saturated rings. The highest BCUT2D eigenvalue weighted by atomic mass is 16.6. The Morgan fingerprint density at radius 1 is 1.24 bits per heavy atom. The van der Waals surface area contributed by atoms with E-state index in [4.69, 9.17) is 4.74 Å². The van der Waals surface area contributed by atoms with Crippen molar-refractivity contribution in [3.05, 3.63) is 58.7 Å². The fourth-order valence-corrected chi connectivity index (χ4v) is 3.20. The molecular weight excluding hydrogens is 308 g/mol. The number of aliphatic hydroxyl groups is 1. The molecule has 1 aliphatic rings. The van der Waals surface area contributed by atoms with Crippen molar-refractivity contribution in [3.8, 4) is 0 Å². The van der Waals surface area contributed by atoms with Crippen LogP contribution in [-0.2, 0) is 4.74 Å². The summed E-state index contributed by atoms with van der Waals surface area (Å²) in [6.45, 7) is 13.6. The Hall–Kier alpha value is -1.38. The zero-order chi connectivity index (χ0) is 18.9. The third-order valence-electron chi connectivity index (χ3n) is 4.67. The van der Waals surface area contributed by atoms with Crippen LogP contribution in [0.2, 0.25) is 0 Å². The monoisotopic (exact) mass is 344 g/mol. The lowest BCUT2D eigenvalue weighted by atomic mass is 9.72. The van der Waals surface area contributed by atoms with Crippen LogP contribution in [0.15, 0.2) is 58.7 Å². The second kappa shape index (κ2) is 10.6. The number of ether oxygens (including phenoxy) is 1. The summed E-state index contributed by atoms with van der Waals surface area (Å²) >= 11 is 0. The minimum atomic E-state index is -0.821. The molecule has 2 heteroatoms. The molecule has 1 N–H and O–H groups in total. The van der Waals surface area contributed by atoms with Crippen molar-refractivity contribution in [2.24, 2.45) is 5.41 Å². The van der Waals surface area contributed by atoms with Crippen LogP contribution in [0.25, 0.3) is 0 Å². The average molecular weight is 345 g/mol. The van der Waals surface area contributed by atoms with Gasteiger partial charge in [-0.15, -0.1) is 0 Å². The van der Waals surface area contributed by atoms with Gasteiger partial charge in [-0.3, -0.25) is 0 Å². The molecule has 0 saturated heterocycles. The van der Waals surface area contributed by atoms with Gasteiger partial charge >= 0.3 is 0 Å². The Bertz CT molecular complexity index is 571. The van der Waals surface area contributed by atoms with Crippen LogP contribution in [0.5, 0.6) is 0 Å². The molecule has 1 atom stereocenters. The number of hydrogen-bond acceptors (Lipinski definition) is 2. The first-order valence-corrected chi connectivity index (χ1v) is 9.47. The maximum atomic E-state index is 9.70. The molecule has 0 spiro atoms. The maximum absolute atomic E-state index is 9.70. The first kappa shape index (κ1) is 21.7. The third kappa shape index (κ3) is 8.02. The number of hydrogen-bond donors (Lipinski definition) is 1. The van der Waals surface area contributed by atoms with Gasteiger partial charge < -0.3 is 9.84 Å². The summed E-state index contributed by atoms with van der Waals surface area (Å²) in [4.78, 5) is 0. The lowest BCUT2D eigenvalue weighted by Crippen LogP contribution is -2.19. The summed E-state index contributed by atoms with van der Waals surface area (Å²) < 4.78 is 5.24. The van der Waals surface area contributed by atoms with Crippen LogP contribution < -0.4 is 0 Å². The Balaban J connectivity index is 2.68. The third-order valence-corrected chi connectivity index (χ3v) is 4.67. The molecule has 25 heavy (non-hydrogen) atoms. The lowest BCUT2D eigenvalue weighted by Gasteiger charge is -2.32. The fourth-order valence-electron chi connectivity index (χ4n) is 3.20. The molecule has 0 radical (unpaired) electrons. The molecular formula is C23H36O2. The quantitative estimate of drug-likeness (QED) is 0.416. The van der Waals surface area contributed by atoms with Gasteiger partial charge in [0.2, 0.25) is 0 Å². The second-order valence-electron chi connectivity index (χ2n) is 7.71. The van der Waals surface area contributed by atoms with Crippen LogP contribution in [-0.4, -0.2) is 18.0 Å². The molecule has 1 unspecified atom stereocenters. The smallest absolute Gasteiger partial charge is 0.174 e. The van der Waals surface area contributed by atoms with Crippen molar-refractivity contribution >= 4 is 0 Å². The molecule has 1 aliphatic carbocycles. The van der Waals surface area contributed by atoms with E-state index in [1.54, 1.807) is 6.08 Å². The van der Waals surface area contributed by atoms with E-state index in [1.165, 1.54) is 36.0 Å². The normalized spacial score (nSPS) is 20.8. The molecule has 0 heterocycles. The van der Waals surface area contributed by atoms with Crippen LogP contribution >= 0.6 is 0 Å². The van der Waals surface area contributed by atoms with E-state index >= 15 is 0 Å². The van der Waals surface area contributed by atoms with E-state index in [0.717, 1.165) is 12.0 Å². The molecule has 2 nitrogen and oxygen atoms in total. The Morgan fingerprint density at radius 2 is 1.96 bits per heavy atom. The Labute approximate surface area is 154 Å². The van der Waals surface area contributed by atoms with Crippen LogP contribution in [0.1, 0.15) is 67.2 Å². The van der Waals surface area contributed by atoms with Gasteiger partial charge in [-0.05, 0) is 63.5 Å². The number of allylic oxidation sites excluding steroid dienone is 9. The topological polar surface area (TPSA) is 29.5 Å². The standard InChI is InChI=1S/C23H36O2/c1-7-16-25-22(24)17-19(3)11-8-10-18(2)13-14-21-20(4)12-9-15-23(21,5)6/h8,10-11,13-14,17,22,24H,7,9,12,15-16H2,1-6H3. The molecule has 0 aromatic carbocycles. The first-order chi connectivity index (χ1) is 11.8. The van der Waals surface area contributed by atoms with Gasteiger partial charge in [0, 0.05) is 6.61 Å². The molecule has 140 valence electrons. The van der Waals surface area contributed by atoms with Crippen LogP contribution in [0, 0.1) is 5.41 Å². The largest absolute Gasteiger partial charge is 0.365 e. The Kier molecular flexibility index (Phi) is 9.16. The maximum Gasteiger partial charge on any atom is 0.174 e. The summed E-state index contributed by atoms with van der Waals surface area (Å²) in [5, 5.41) is 9.70. The van der Waals surface area contributed by atoms with E-state index in [1.807, 2.05) is 26.0 Å². The number of aliphatic hydroxyl groups excluding tert-OH is 1. The summed E-state index contributed by atoms with van der Waals surface area (Å²) in [6, 6.07) is 0. The average Bonchev–Trinajstić information content (AvgIpc) is 2.51. The fraction of sp³-hybridized carbons (Fsp3) is 0.565. The van der Waals surface area contributed by atoms with Crippen LogP contribution in [0.3, 0.4) is 0 Å². The summed E-state index contributed by atoms with van der Waals surface area (Å²) in [5.74, 6) is 0. The number of rotatable bonds is 8. The highest BCUT2D eigenvalue weighted by Gasteiger charge is 2.26. The zero-order valence-electron chi connectivity index (χ0n) is 16.9. The van der Waals surface area contributed by atoms with E-state index in [9.17, 15) is 5.11 Å². The lowest BCUT2D eigenvalue weighted by molar-refractivity contribution is -0.0640. The van der Waals surface area contributed by atoms with Gasteiger partial charge in [-0.25, -0.2) is 0 Å². The predicted molar refractivity (Wildman–Crippen MR) is 108 cm³/mol. The predicted octanol–water partition coefficient (Wildman–Crippen LogP) is 6.26. The van der Waals surface area contributed by atoms with Gasteiger partial charge in [0.15, 0.2) is 6.29 Å². The zero-order valence-corrected chi connectivity index (χ0v) is 16.9. The van der Waals surface area contributed by atoms with E-state index in [2.05, 4.69) is 45.9 Å². The summed E-state index contributed by atoms with van der Waals surface area (Å²) in [5.41, 5.74) is 5.50. The molecule has 0 aliphatic heterocycles. The van der Waals surface area contributed by atoms with Gasteiger partial charge in [-0.1, -0.05) is 67.9 Å². The van der Waals surface area contributed by atoms with Crippen molar-refractivity contribution in [2.45, 2.75) is 73.5 Å². The molecule has 0 bridgehead atoms. The minimum absolute atomic E-state index is 0.281. The van der Waals surface area contributed by atoms with Crippen molar-refractivity contribution in [3.63, 3.8) is 0 Å². The van der Waals surface area contributed by atoms with Gasteiger partial charge in [-0.2, -0.15) is 0 Å². The van der Waals surface area contributed by atoms with E-state index < -0.39 is 6.29 Å². The minimum Gasteiger partial charge on any atom is -0.365 e. The SMILES string of the molecule is CCCOC(O)C=C(C)C=CC=C(C)C=CC1=C(C)CCCC1(C)C. The molecule has 0 amide bonds. The molecule has 0 saturated carbocycles. The van der Waals surface area contributed by atoms with Crippen molar-refractivity contribution in [1.29, 1.82) is 0 Å². The van der Waals surface area contributed by atoms with Gasteiger partial charge in [0.05, 0.1) is 0 Å². The highest BCUT2D eigenvalue weighted by Crippen LogP contribution is 2.40. The highest BCUT2D eigenvalue weighted by molar-refractivity contribution is 5.37. The van der Waals surface area contributed by atoms with E-state index in [-0.39, 0.29) is 5.41 Å². The second-order valence-corrected chi connectivity index (χ2v) is 7.71. The van der Waals surface area contributed by atoms with Crippen LogP contribution in [0.4, 0.5) is 0 Å². The van der Waals surface area contributed by atoms with Crippen molar-refractivity contribution < 1.29 is 9.84 Å². The summed E-state index contributed by atoms with van der Waals surface area (Å²) in [6.07, 6.45) is 16.2. The Morgan fingerprint density at radius 3 is 2.60 bits per heavy atom. The molecule has 0 aromatic rings. The van der Waals surface area contributed by atoms with Gasteiger partial charge in [0.25, 0.3) is 0 Å². The molecule has 1 rings (SSSR count).